The number of benzene rings is 3. The van der Waals surface area contributed by atoms with Crippen molar-refractivity contribution in [3.63, 3.8) is 0 Å². The third-order valence-corrected chi connectivity index (χ3v) is 3.96. The highest BCUT2D eigenvalue weighted by Gasteiger charge is 2.30. The Morgan fingerprint density at radius 3 is 2.54 bits per heavy atom. The molecule has 3 rings (SSSR count). The monoisotopic (exact) mass is 383 g/mol. The van der Waals surface area contributed by atoms with Gasteiger partial charge in [0.05, 0.1) is 12.1 Å². The molecular weight excluding hydrogens is 367 g/mol. The summed E-state index contributed by atoms with van der Waals surface area (Å²) in [6, 6.07) is 17.8. The number of hydrogen-bond donors (Lipinski definition) is 1. The maximum atomic E-state index is 12.7. The van der Waals surface area contributed by atoms with Crippen LogP contribution in [0.25, 0.3) is 10.8 Å². The van der Waals surface area contributed by atoms with E-state index in [9.17, 15) is 18.0 Å². The maximum absolute atomic E-state index is 12.7. The fraction of sp³-hybridized carbons (Fsp3) is 0.136. The summed E-state index contributed by atoms with van der Waals surface area (Å²) in [5, 5.41) is 4.50. The summed E-state index contributed by atoms with van der Waals surface area (Å²) in [6.07, 6.45) is -4.49. The van der Waals surface area contributed by atoms with Gasteiger partial charge in [0.25, 0.3) is 5.91 Å². The maximum Gasteiger partial charge on any atom is 0.416 e. The molecule has 1 N–H and O–H groups in total. The Hall–Kier alpha value is -3.46. The molecule has 28 heavy (non-hydrogen) atoms. The second-order valence-corrected chi connectivity index (χ2v) is 5.88. The smallest absolute Gasteiger partial charge is 0.416 e. The molecule has 0 heterocycles. The zero-order chi connectivity index (χ0) is 20.0. The normalized spacial score (nSPS) is 10.8. The molecule has 0 aliphatic rings. The van der Waals surface area contributed by atoms with Crippen LogP contribution in [0.5, 0.6) is 5.75 Å². The molecule has 0 bridgehead atoms. The number of fused-ring (bicyclic) bond motifs is 1. The summed E-state index contributed by atoms with van der Waals surface area (Å²) in [4.78, 5) is 11.9. The summed E-state index contributed by atoms with van der Waals surface area (Å²) in [5.41, 5.74) is -0.932. The van der Waals surface area contributed by atoms with Gasteiger partial charge in [0.15, 0.2) is 0 Å². The van der Waals surface area contributed by atoms with Gasteiger partial charge in [-0.1, -0.05) is 54.3 Å². The van der Waals surface area contributed by atoms with Crippen molar-refractivity contribution >= 4 is 16.7 Å². The Balaban J connectivity index is 1.52. The van der Waals surface area contributed by atoms with Gasteiger partial charge in [-0.2, -0.15) is 13.2 Å². The van der Waals surface area contributed by atoms with Crippen LogP contribution in [0.1, 0.15) is 15.9 Å². The highest BCUT2D eigenvalue weighted by atomic mass is 19.4. The first-order valence-corrected chi connectivity index (χ1v) is 8.47. The molecule has 0 aliphatic carbocycles. The van der Waals surface area contributed by atoms with E-state index >= 15 is 0 Å². The quantitative estimate of drug-likeness (QED) is 0.665. The average Bonchev–Trinajstić information content (AvgIpc) is 2.70. The minimum Gasteiger partial charge on any atom is -0.480 e. The van der Waals surface area contributed by atoms with E-state index in [0.29, 0.717) is 5.75 Å². The predicted molar refractivity (Wildman–Crippen MR) is 101 cm³/mol. The van der Waals surface area contributed by atoms with E-state index in [0.717, 1.165) is 22.9 Å². The molecule has 6 heteroatoms. The molecule has 0 aromatic heterocycles. The third kappa shape index (κ3) is 4.83. The van der Waals surface area contributed by atoms with Crippen molar-refractivity contribution in [2.45, 2.75) is 6.18 Å². The van der Waals surface area contributed by atoms with Crippen LogP contribution in [0, 0.1) is 11.8 Å². The summed E-state index contributed by atoms with van der Waals surface area (Å²) in [7, 11) is 0. The summed E-state index contributed by atoms with van der Waals surface area (Å²) in [6.45, 7) is 0.140. The Labute approximate surface area is 160 Å². The van der Waals surface area contributed by atoms with E-state index in [4.69, 9.17) is 4.74 Å². The molecule has 1 amide bonds. The first kappa shape index (κ1) is 19.3. The number of amides is 1. The van der Waals surface area contributed by atoms with Crippen molar-refractivity contribution < 1.29 is 22.7 Å². The first-order valence-electron chi connectivity index (χ1n) is 8.47. The number of ether oxygens (including phenoxy) is 1. The third-order valence-electron chi connectivity index (χ3n) is 3.96. The lowest BCUT2D eigenvalue weighted by molar-refractivity contribution is -0.137. The van der Waals surface area contributed by atoms with Gasteiger partial charge in [-0.3, -0.25) is 4.79 Å². The van der Waals surface area contributed by atoms with Crippen molar-refractivity contribution in [1.82, 2.24) is 5.32 Å². The number of halogens is 3. The zero-order valence-electron chi connectivity index (χ0n) is 14.7. The molecule has 142 valence electrons. The van der Waals surface area contributed by atoms with E-state index < -0.39 is 17.6 Å². The minimum atomic E-state index is -4.49. The van der Waals surface area contributed by atoms with Gasteiger partial charge < -0.3 is 10.1 Å². The van der Waals surface area contributed by atoms with Gasteiger partial charge in [0.2, 0.25) is 0 Å². The highest BCUT2D eigenvalue weighted by Crippen LogP contribution is 2.29. The standard InChI is InChI=1S/C22H16F3NO2/c23-22(24,25)18-10-5-9-17(15-18)21(27)26-13-3-4-14-28-20-12-6-8-16-7-1-2-11-19(16)20/h1-2,5-12,15H,13-14H2,(H,26,27). The molecule has 0 fully saturated rings. The summed E-state index contributed by atoms with van der Waals surface area (Å²) in [5.74, 6) is 5.59. The Morgan fingerprint density at radius 1 is 0.964 bits per heavy atom. The molecule has 0 atom stereocenters. The van der Waals surface area contributed by atoms with Crippen LogP contribution in [0.15, 0.2) is 66.7 Å². The Morgan fingerprint density at radius 2 is 1.71 bits per heavy atom. The van der Waals surface area contributed by atoms with Crippen LogP contribution in [-0.4, -0.2) is 19.1 Å². The SMILES string of the molecule is O=C(NCC#CCOc1cccc2ccccc12)c1cccc(C(F)(F)F)c1. The minimum absolute atomic E-state index is 0.00791. The fourth-order valence-electron chi connectivity index (χ4n) is 2.61. The van der Waals surface area contributed by atoms with E-state index in [1.165, 1.54) is 12.1 Å². The van der Waals surface area contributed by atoms with Crippen molar-refractivity contribution in [1.29, 1.82) is 0 Å². The number of carbonyl (C=O) groups excluding carboxylic acids is 1. The zero-order valence-corrected chi connectivity index (χ0v) is 14.7. The molecule has 3 aromatic carbocycles. The van der Waals surface area contributed by atoms with Gasteiger partial charge in [0.1, 0.15) is 12.4 Å². The van der Waals surface area contributed by atoms with Gasteiger partial charge in [-0.15, -0.1) is 0 Å². The topological polar surface area (TPSA) is 38.3 Å². The lowest BCUT2D eigenvalue weighted by atomic mass is 10.1. The molecule has 3 aromatic rings. The van der Waals surface area contributed by atoms with Gasteiger partial charge in [-0.25, -0.2) is 0 Å². The van der Waals surface area contributed by atoms with E-state index in [1.807, 2.05) is 42.5 Å². The second-order valence-electron chi connectivity index (χ2n) is 5.88. The van der Waals surface area contributed by atoms with Gasteiger partial charge in [-0.05, 0) is 29.7 Å². The number of hydrogen-bond acceptors (Lipinski definition) is 2. The molecule has 0 saturated carbocycles. The fourth-order valence-corrected chi connectivity index (χ4v) is 2.61. The second kappa shape index (κ2) is 8.49. The average molecular weight is 383 g/mol. The van der Waals surface area contributed by atoms with Crippen LogP contribution in [0.4, 0.5) is 13.2 Å². The lowest BCUT2D eigenvalue weighted by Crippen LogP contribution is -2.24. The van der Waals surface area contributed by atoms with E-state index in [2.05, 4.69) is 17.2 Å². The molecule has 0 spiro atoms. The van der Waals surface area contributed by atoms with Gasteiger partial charge in [0, 0.05) is 10.9 Å². The molecular formula is C22H16F3NO2. The van der Waals surface area contributed by atoms with Crippen LogP contribution in [0.3, 0.4) is 0 Å². The van der Waals surface area contributed by atoms with Crippen molar-refractivity contribution in [3.05, 3.63) is 77.9 Å². The van der Waals surface area contributed by atoms with Crippen LogP contribution in [-0.2, 0) is 6.18 Å². The molecule has 0 aliphatic heterocycles. The van der Waals surface area contributed by atoms with Crippen molar-refractivity contribution in [3.8, 4) is 17.6 Å². The van der Waals surface area contributed by atoms with Crippen molar-refractivity contribution in [2.75, 3.05) is 13.2 Å². The molecule has 3 nitrogen and oxygen atoms in total. The van der Waals surface area contributed by atoms with Crippen molar-refractivity contribution in [2.24, 2.45) is 0 Å². The number of carbonyl (C=O) groups is 1. The Bertz CT molecular complexity index is 1040. The largest absolute Gasteiger partial charge is 0.480 e. The number of alkyl halides is 3. The highest BCUT2D eigenvalue weighted by molar-refractivity contribution is 5.94. The van der Waals surface area contributed by atoms with Crippen LogP contribution < -0.4 is 10.1 Å². The van der Waals surface area contributed by atoms with E-state index in [1.54, 1.807) is 0 Å². The molecule has 0 saturated heterocycles. The van der Waals surface area contributed by atoms with Crippen LogP contribution in [0.2, 0.25) is 0 Å². The summed E-state index contributed by atoms with van der Waals surface area (Å²) >= 11 is 0. The van der Waals surface area contributed by atoms with Gasteiger partial charge >= 0.3 is 6.18 Å². The Kier molecular flexibility index (Phi) is 5.85. The summed E-state index contributed by atoms with van der Waals surface area (Å²) < 4.78 is 43.7. The molecule has 0 unspecified atom stereocenters. The van der Waals surface area contributed by atoms with Crippen LogP contribution >= 0.6 is 0 Å². The predicted octanol–water partition coefficient (Wildman–Crippen LogP) is 4.67. The number of rotatable bonds is 4. The first-order chi connectivity index (χ1) is 13.4. The molecule has 0 radical (unpaired) electrons. The number of nitrogens with one attached hydrogen (secondary N) is 1. The lowest BCUT2D eigenvalue weighted by Gasteiger charge is -2.08. The van der Waals surface area contributed by atoms with E-state index in [-0.39, 0.29) is 18.7 Å².